The van der Waals surface area contributed by atoms with Crippen molar-refractivity contribution in [3.8, 4) is 5.75 Å². The predicted molar refractivity (Wildman–Crippen MR) is 53.9 cm³/mol. The number of ether oxygens (including phenoxy) is 1. The lowest BCUT2D eigenvalue weighted by molar-refractivity contribution is -0.0498. The maximum Gasteiger partial charge on any atom is 0.387 e. The minimum atomic E-state index is -3.55. The number of hydrogen-bond donors (Lipinski definition) is 1. The molecular formula is C9H11F2NO3S. The van der Waals surface area contributed by atoms with Crippen molar-refractivity contribution in [1.82, 2.24) is 4.72 Å². The summed E-state index contributed by atoms with van der Waals surface area (Å²) in [5.41, 5.74) is 0. The van der Waals surface area contributed by atoms with E-state index in [9.17, 15) is 17.2 Å². The van der Waals surface area contributed by atoms with E-state index >= 15 is 0 Å². The molecule has 90 valence electrons. The molecule has 0 aliphatic heterocycles. The van der Waals surface area contributed by atoms with Crippen LogP contribution in [-0.2, 0) is 10.0 Å². The Bertz CT molecular complexity index is 431. The third-order valence-electron chi connectivity index (χ3n) is 1.69. The first-order valence-corrected chi connectivity index (χ1v) is 5.98. The van der Waals surface area contributed by atoms with E-state index in [1.165, 1.54) is 24.3 Å². The minimum absolute atomic E-state index is 0.0102. The Labute approximate surface area is 92.3 Å². The molecule has 0 saturated carbocycles. The number of halogens is 2. The molecule has 7 heteroatoms. The standard InChI is InChI=1S/C9H11F2NO3S/c1-2-12-16(13,14)8-5-3-7(4-6-8)15-9(10)11/h3-6,9,12H,2H2,1H3. The molecule has 1 aromatic carbocycles. The van der Waals surface area contributed by atoms with Crippen LogP contribution in [0.1, 0.15) is 6.92 Å². The lowest BCUT2D eigenvalue weighted by Gasteiger charge is -2.06. The normalized spacial score (nSPS) is 11.8. The summed E-state index contributed by atoms with van der Waals surface area (Å²) < 4.78 is 53.0. The van der Waals surface area contributed by atoms with E-state index in [2.05, 4.69) is 9.46 Å². The molecular weight excluding hydrogens is 240 g/mol. The smallest absolute Gasteiger partial charge is 0.387 e. The zero-order valence-electron chi connectivity index (χ0n) is 8.48. The fourth-order valence-corrected chi connectivity index (χ4v) is 2.11. The Hall–Kier alpha value is -1.21. The summed E-state index contributed by atoms with van der Waals surface area (Å²) in [4.78, 5) is 0.0102. The average Bonchev–Trinajstić information content (AvgIpc) is 2.17. The van der Waals surface area contributed by atoms with Gasteiger partial charge in [-0.25, -0.2) is 13.1 Å². The molecule has 1 N–H and O–H groups in total. The van der Waals surface area contributed by atoms with Gasteiger partial charge in [0.05, 0.1) is 4.90 Å². The van der Waals surface area contributed by atoms with Crippen LogP contribution in [0.4, 0.5) is 8.78 Å². The Kier molecular flexibility index (Phi) is 4.19. The maximum absolute atomic E-state index is 11.8. The molecule has 0 amide bonds. The van der Waals surface area contributed by atoms with Gasteiger partial charge in [0, 0.05) is 6.54 Å². The molecule has 0 fully saturated rings. The maximum atomic E-state index is 11.8. The molecule has 0 bridgehead atoms. The highest BCUT2D eigenvalue weighted by atomic mass is 32.2. The van der Waals surface area contributed by atoms with E-state index in [1.807, 2.05) is 0 Å². The first kappa shape index (κ1) is 12.9. The van der Waals surface area contributed by atoms with E-state index in [-0.39, 0.29) is 17.2 Å². The average molecular weight is 251 g/mol. The third-order valence-corrected chi connectivity index (χ3v) is 3.26. The van der Waals surface area contributed by atoms with E-state index < -0.39 is 16.6 Å². The monoisotopic (exact) mass is 251 g/mol. The van der Waals surface area contributed by atoms with Crippen LogP contribution in [-0.4, -0.2) is 21.6 Å². The van der Waals surface area contributed by atoms with Gasteiger partial charge in [-0.3, -0.25) is 0 Å². The third kappa shape index (κ3) is 3.42. The summed E-state index contributed by atoms with van der Waals surface area (Å²) in [6.45, 7) is -1.01. The van der Waals surface area contributed by atoms with Gasteiger partial charge < -0.3 is 4.74 Å². The molecule has 16 heavy (non-hydrogen) atoms. The highest BCUT2D eigenvalue weighted by Gasteiger charge is 2.12. The highest BCUT2D eigenvalue weighted by Crippen LogP contribution is 2.17. The van der Waals surface area contributed by atoms with Crippen molar-refractivity contribution >= 4 is 10.0 Å². The van der Waals surface area contributed by atoms with Gasteiger partial charge in [0.2, 0.25) is 10.0 Å². The summed E-state index contributed by atoms with van der Waals surface area (Å²) in [5.74, 6) is -0.0783. The summed E-state index contributed by atoms with van der Waals surface area (Å²) in [7, 11) is -3.55. The molecule has 0 spiro atoms. The zero-order chi connectivity index (χ0) is 12.2. The van der Waals surface area contributed by atoms with Crippen LogP contribution >= 0.6 is 0 Å². The number of nitrogens with one attached hydrogen (secondary N) is 1. The summed E-state index contributed by atoms with van der Waals surface area (Å²) >= 11 is 0. The molecule has 4 nitrogen and oxygen atoms in total. The van der Waals surface area contributed by atoms with Crippen molar-refractivity contribution in [1.29, 1.82) is 0 Å². The van der Waals surface area contributed by atoms with Gasteiger partial charge in [0.25, 0.3) is 0 Å². The van der Waals surface area contributed by atoms with Crippen LogP contribution in [0.15, 0.2) is 29.2 Å². The Morgan fingerprint density at radius 3 is 2.31 bits per heavy atom. The summed E-state index contributed by atoms with van der Waals surface area (Å²) in [5, 5.41) is 0. The SMILES string of the molecule is CCNS(=O)(=O)c1ccc(OC(F)F)cc1. The molecule has 0 aliphatic rings. The van der Waals surface area contributed by atoms with Crippen molar-refractivity contribution in [2.24, 2.45) is 0 Å². The minimum Gasteiger partial charge on any atom is -0.435 e. The van der Waals surface area contributed by atoms with Gasteiger partial charge in [-0.05, 0) is 24.3 Å². The van der Waals surface area contributed by atoms with Gasteiger partial charge in [-0.2, -0.15) is 8.78 Å². The number of hydrogen-bond acceptors (Lipinski definition) is 3. The lowest BCUT2D eigenvalue weighted by atomic mass is 10.3. The fourth-order valence-electron chi connectivity index (χ4n) is 1.07. The molecule has 0 heterocycles. The van der Waals surface area contributed by atoms with Gasteiger partial charge in [0.15, 0.2) is 0 Å². The second kappa shape index (κ2) is 5.22. The van der Waals surface area contributed by atoms with Crippen molar-refractivity contribution in [2.75, 3.05) is 6.54 Å². The Balaban J connectivity index is 2.87. The molecule has 0 aromatic heterocycles. The van der Waals surface area contributed by atoms with E-state index in [1.54, 1.807) is 6.92 Å². The number of rotatable bonds is 5. The second-order valence-corrected chi connectivity index (χ2v) is 4.62. The van der Waals surface area contributed by atoms with Gasteiger partial charge in [-0.15, -0.1) is 0 Å². The van der Waals surface area contributed by atoms with Crippen molar-refractivity contribution < 1.29 is 21.9 Å². The summed E-state index contributed by atoms with van der Waals surface area (Å²) in [6.07, 6.45) is 0. The van der Waals surface area contributed by atoms with Crippen molar-refractivity contribution in [3.05, 3.63) is 24.3 Å². The molecule has 0 unspecified atom stereocenters. The zero-order valence-corrected chi connectivity index (χ0v) is 9.30. The van der Waals surface area contributed by atoms with Crippen LogP contribution in [0.3, 0.4) is 0 Å². The number of benzene rings is 1. The topological polar surface area (TPSA) is 55.4 Å². The van der Waals surface area contributed by atoms with Gasteiger partial charge >= 0.3 is 6.61 Å². The molecule has 0 atom stereocenters. The van der Waals surface area contributed by atoms with Gasteiger partial charge in [-0.1, -0.05) is 6.92 Å². The van der Waals surface area contributed by atoms with Crippen LogP contribution < -0.4 is 9.46 Å². The summed E-state index contributed by atoms with van der Waals surface area (Å²) in [6, 6.07) is 4.76. The molecule has 0 saturated heterocycles. The van der Waals surface area contributed by atoms with Crippen LogP contribution in [0.2, 0.25) is 0 Å². The van der Waals surface area contributed by atoms with E-state index in [0.29, 0.717) is 0 Å². The van der Waals surface area contributed by atoms with Crippen LogP contribution in [0, 0.1) is 0 Å². The lowest BCUT2D eigenvalue weighted by Crippen LogP contribution is -2.22. The van der Waals surface area contributed by atoms with Gasteiger partial charge in [0.1, 0.15) is 5.75 Å². The van der Waals surface area contributed by atoms with Crippen molar-refractivity contribution in [3.63, 3.8) is 0 Å². The predicted octanol–water partition coefficient (Wildman–Crippen LogP) is 1.59. The van der Waals surface area contributed by atoms with E-state index in [0.717, 1.165) is 0 Å². The van der Waals surface area contributed by atoms with Crippen molar-refractivity contribution in [2.45, 2.75) is 18.4 Å². The Morgan fingerprint density at radius 2 is 1.88 bits per heavy atom. The Morgan fingerprint density at radius 1 is 1.31 bits per heavy atom. The quantitative estimate of drug-likeness (QED) is 0.864. The molecule has 0 radical (unpaired) electrons. The number of sulfonamides is 1. The largest absolute Gasteiger partial charge is 0.435 e. The second-order valence-electron chi connectivity index (χ2n) is 2.85. The van der Waals surface area contributed by atoms with Crippen LogP contribution in [0.25, 0.3) is 0 Å². The molecule has 1 aromatic rings. The molecule has 0 aliphatic carbocycles. The first-order valence-electron chi connectivity index (χ1n) is 4.50. The van der Waals surface area contributed by atoms with Crippen LogP contribution in [0.5, 0.6) is 5.75 Å². The molecule has 1 rings (SSSR count). The van der Waals surface area contributed by atoms with E-state index in [4.69, 9.17) is 0 Å². The number of alkyl halides is 2. The fraction of sp³-hybridized carbons (Fsp3) is 0.333. The highest BCUT2D eigenvalue weighted by molar-refractivity contribution is 7.89. The first-order chi connectivity index (χ1) is 7.45.